The molecule has 1 aromatic carbocycles. The van der Waals surface area contributed by atoms with E-state index in [1.54, 1.807) is 19.9 Å². The number of hydrogen-bond acceptors (Lipinski definition) is 6. The lowest BCUT2D eigenvalue weighted by Crippen LogP contribution is -2.44. The summed E-state index contributed by atoms with van der Waals surface area (Å²) < 4.78 is 11.3. The zero-order valence-electron chi connectivity index (χ0n) is 19.8. The molecule has 7 heteroatoms. The highest BCUT2D eigenvalue weighted by Gasteiger charge is 2.37. The molecule has 3 rings (SSSR count). The summed E-state index contributed by atoms with van der Waals surface area (Å²) in [7, 11) is 0. The molecule has 0 spiro atoms. The van der Waals surface area contributed by atoms with Gasteiger partial charge in [-0.05, 0) is 50.2 Å². The third kappa shape index (κ3) is 6.14. The third-order valence-corrected chi connectivity index (χ3v) is 6.90. The van der Waals surface area contributed by atoms with Crippen LogP contribution in [0.3, 0.4) is 0 Å². The Morgan fingerprint density at radius 1 is 1.24 bits per heavy atom. The van der Waals surface area contributed by atoms with E-state index in [0.29, 0.717) is 45.1 Å². The van der Waals surface area contributed by atoms with E-state index >= 15 is 0 Å². The molecule has 7 nitrogen and oxygen atoms in total. The van der Waals surface area contributed by atoms with Crippen LogP contribution in [0.2, 0.25) is 0 Å². The molecule has 2 aliphatic heterocycles. The van der Waals surface area contributed by atoms with Crippen LogP contribution in [0.1, 0.15) is 50.7 Å². The van der Waals surface area contributed by atoms with E-state index in [-0.39, 0.29) is 18.4 Å². The van der Waals surface area contributed by atoms with E-state index in [1.165, 1.54) is 0 Å². The zero-order chi connectivity index (χ0) is 23.8. The number of esters is 1. The fourth-order valence-electron chi connectivity index (χ4n) is 4.69. The SMILES string of the molecule is C=Cc1ccc(C2(C#N)CCN(CC(=O)OCC)CC2)cc1OCC1CCN(C(C)=O)CC1. The van der Waals surface area contributed by atoms with Crippen molar-refractivity contribution in [3.63, 3.8) is 0 Å². The summed E-state index contributed by atoms with van der Waals surface area (Å²) in [6, 6.07) is 8.52. The van der Waals surface area contributed by atoms with Crippen molar-refractivity contribution in [2.45, 2.75) is 44.9 Å². The van der Waals surface area contributed by atoms with Crippen LogP contribution in [-0.2, 0) is 19.7 Å². The second-order valence-electron chi connectivity index (χ2n) is 8.99. The van der Waals surface area contributed by atoms with Gasteiger partial charge in [0.25, 0.3) is 0 Å². The van der Waals surface area contributed by atoms with Crippen LogP contribution in [0, 0.1) is 17.2 Å². The lowest BCUT2D eigenvalue weighted by molar-refractivity contribution is -0.144. The monoisotopic (exact) mass is 453 g/mol. The highest BCUT2D eigenvalue weighted by Crippen LogP contribution is 2.38. The molecule has 2 saturated heterocycles. The van der Waals surface area contributed by atoms with Gasteiger partial charge >= 0.3 is 5.97 Å². The molecule has 0 N–H and O–H groups in total. The molecule has 2 heterocycles. The molecule has 178 valence electrons. The van der Waals surface area contributed by atoms with Crippen molar-refractivity contribution in [2.75, 3.05) is 45.9 Å². The van der Waals surface area contributed by atoms with Crippen LogP contribution in [0.4, 0.5) is 0 Å². The third-order valence-electron chi connectivity index (χ3n) is 6.90. The van der Waals surface area contributed by atoms with Gasteiger partial charge in [0.15, 0.2) is 0 Å². The molecule has 0 radical (unpaired) electrons. The Labute approximate surface area is 196 Å². The maximum atomic E-state index is 11.8. The van der Waals surface area contributed by atoms with Gasteiger partial charge in [0.1, 0.15) is 5.75 Å². The predicted molar refractivity (Wildman–Crippen MR) is 127 cm³/mol. The summed E-state index contributed by atoms with van der Waals surface area (Å²) in [6.45, 7) is 11.4. The van der Waals surface area contributed by atoms with Crippen LogP contribution < -0.4 is 4.74 Å². The largest absolute Gasteiger partial charge is 0.493 e. The molecule has 0 aromatic heterocycles. The minimum atomic E-state index is -0.601. The van der Waals surface area contributed by atoms with Crippen molar-refractivity contribution in [1.29, 1.82) is 5.26 Å². The number of hydrogen-bond donors (Lipinski definition) is 0. The number of nitrogens with zero attached hydrogens (tertiary/aromatic N) is 3. The summed E-state index contributed by atoms with van der Waals surface area (Å²) in [4.78, 5) is 27.3. The van der Waals surface area contributed by atoms with Gasteiger partial charge in [-0.15, -0.1) is 0 Å². The van der Waals surface area contributed by atoms with Gasteiger partial charge in [-0.25, -0.2) is 0 Å². The minimum Gasteiger partial charge on any atom is -0.493 e. The molecule has 33 heavy (non-hydrogen) atoms. The number of carbonyl (C=O) groups excluding carboxylic acids is 2. The van der Waals surface area contributed by atoms with Crippen molar-refractivity contribution < 1.29 is 19.1 Å². The Kier molecular flexibility index (Phi) is 8.51. The van der Waals surface area contributed by atoms with Crippen molar-refractivity contribution in [3.8, 4) is 11.8 Å². The average molecular weight is 454 g/mol. The van der Waals surface area contributed by atoms with Gasteiger partial charge in [-0.2, -0.15) is 5.26 Å². The Morgan fingerprint density at radius 3 is 2.52 bits per heavy atom. The number of likely N-dealkylation sites (tertiary alicyclic amines) is 2. The standard InChI is InChI=1S/C26H35N3O4/c1-4-22-6-7-23(16-24(22)33-18-21-8-12-29(13-9-21)20(3)30)26(19-27)10-14-28(15-11-26)17-25(31)32-5-2/h4,6-7,16,21H,1,5,8-15,17-18H2,2-3H3. The van der Waals surface area contributed by atoms with Gasteiger partial charge in [0.05, 0.1) is 31.2 Å². The first kappa shape index (κ1) is 24.8. The second kappa shape index (κ2) is 11.3. The van der Waals surface area contributed by atoms with Gasteiger partial charge in [-0.1, -0.05) is 24.8 Å². The number of amides is 1. The normalized spacial score (nSPS) is 18.9. The fourth-order valence-corrected chi connectivity index (χ4v) is 4.69. The Morgan fingerprint density at radius 2 is 1.94 bits per heavy atom. The summed E-state index contributed by atoms with van der Waals surface area (Å²) in [5, 5.41) is 10.1. The topological polar surface area (TPSA) is 82.9 Å². The molecular weight excluding hydrogens is 418 g/mol. The van der Waals surface area contributed by atoms with Crippen LogP contribution in [0.25, 0.3) is 6.08 Å². The van der Waals surface area contributed by atoms with Gasteiger partial charge in [-0.3, -0.25) is 14.5 Å². The Balaban J connectivity index is 1.65. The molecular formula is C26H35N3O4. The summed E-state index contributed by atoms with van der Waals surface area (Å²) >= 11 is 0. The molecule has 1 amide bonds. The first-order chi connectivity index (χ1) is 15.9. The van der Waals surface area contributed by atoms with E-state index < -0.39 is 5.41 Å². The van der Waals surface area contributed by atoms with Crippen molar-refractivity contribution >= 4 is 18.0 Å². The van der Waals surface area contributed by atoms with E-state index in [2.05, 4.69) is 17.5 Å². The maximum absolute atomic E-state index is 11.8. The van der Waals surface area contributed by atoms with Crippen LogP contribution >= 0.6 is 0 Å². The number of ether oxygens (including phenoxy) is 2. The lowest BCUT2D eigenvalue weighted by atomic mass is 9.73. The van der Waals surface area contributed by atoms with Crippen LogP contribution in [0.15, 0.2) is 24.8 Å². The molecule has 0 aliphatic carbocycles. The number of carbonyl (C=O) groups is 2. The molecule has 0 unspecified atom stereocenters. The molecule has 0 atom stereocenters. The molecule has 2 fully saturated rings. The number of piperidine rings is 2. The first-order valence-electron chi connectivity index (χ1n) is 11.8. The molecule has 0 bridgehead atoms. The maximum Gasteiger partial charge on any atom is 0.320 e. The second-order valence-corrected chi connectivity index (χ2v) is 8.99. The first-order valence-corrected chi connectivity index (χ1v) is 11.8. The van der Waals surface area contributed by atoms with Gasteiger partial charge in [0, 0.05) is 38.7 Å². The Bertz CT molecular complexity index is 891. The number of rotatable bonds is 8. The number of nitriles is 1. The van der Waals surface area contributed by atoms with Gasteiger partial charge in [0.2, 0.25) is 5.91 Å². The van der Waals surface area contributed by atoms with Crippen molar-refractivity contribution in [1.82, 2.24) is 9.80 Å². The summed E-state index contributed by atoms with van der Waals surface area (Å²) in [5.41, 5.74) is 1.26. The van der Waals surface area contributed by atoms with Crippen LogP contribution in [0.5, 0.6) is 5.75 Å². The lowest BCUT2D eigenvalue weighted by Gasteiger charge is -2.37. The Hall–Kier alpha value is -2.85. The average Bonchev–Trinajstić information content (AvgIpc) is 2.83. The quantitative estimate of drug-likeness (QED) is 0.561. The molecule has 1 aromatic rings. The van der Waals surface area contributed by atoms with Crippen molar-refractivity contribution in [2.24, 2.45) is 5.92 Å². The molecule has 2 aliphatic rings. The van der Waals surface area contributed by atoms with Gasteiger partial charge < -0.3 is 14.4 Å². The number of benzene rings is 1. The van der Waals surface area contributed by atoms with E-state index in [9.17, 15) is 14.9 Å². The fraction of sp³-hybridized carbons (Fsp3) is 0.577. The smallest absolute Gasteiger partial charge is 0.320 e. The van der Waals surface area contributed by atoms with Crippen LogP contribution in [-0.4, -0.2) is 67.6 Å². The van der Waals surface area contributed by atoms with E-state index in [4.69, 9.17) is 9.47 Å². The van der Waals surface area contributed by atoms with E-state index in [0.717, 1.165) is 42.8 Å². The van der Waals surface area contributed by atoms with E-state index in [1.807, 2.05) is 23.1 Å². The van der Waals surface area contributed by atoms with Crippen molar-refractivity contribution in [3.05, 3.63) is 35.9 Å². The zero-order valence-corrected chi connectivity index (χ0v) is 19.8. The highest BCUT2D eigenvalue weighted by molar-refractivity contribution is 5.73. The highest BCUT2D eigenvalue weighted by atomic mass is 16.5. The summed E-state index contributed by atoms with van der Waals surface area (Å²) in [5.74, 6) is 1.06. The molecule has 0 saturated carbocycles. The predicted octanol–water partition coefficient (Wildman–Crippen LogP) is 3.39. The summed E-state index contributed by atoms with van der Waals surface area (Å²) in [6.07, 6.45) is 4.94. The minimum absolute atomic E-state index is 0.131.